The Hall–Kier alpha value is -2.72. The lowest BCUT2D eigenvalue weighted by Crippen LogP contribution is -1.96. The third-order valence-corrected chi connectivity index (χ3v) is 4.03. The van der Waals surface area contributed by atoms with Gasteiger partial charge in [0.1, 0.15) is 11.6 Å². The van der Waals surface area contributed by atoms with Gasteiger partial charge in [0, 0.05) is 10.5 Å². The molecule has 0 spiro atoms. The van der Waals surface area contributed by atoms with Crippen molar-refractivity contribution in [2.24, 2.45) is 0 Å². The quantitative estimate of drug-likeness (QED) is 0.558. The summed E-state index contributed by atoms with van der Waals surface area (Å²) in [5.74, 6) is 2.10. The van der Waals surface area contributed by atoms with Crippen molar-refractivity contribution in [3.05, 3.63) is 84.4 Å². The molecule has 0 aliphatic heterocycles. The minimum absolute atomic E-state index is 0.581. The maximum absolute atomic E-state index is 5.94. The topological polar surface area (TPSA) is 34.2 Å². The summed E-state index contributed by atoms with van der Waals surface area (Å²) >= 11 is 1.52. The van der Waals surface area contributed by atoms with E-state index in [9.17, 15) is 0 Å². The summed E-state index contributed by atoms with van der Waals surface area (Å²) in [6, 6.07) is 23.7. The highest BCUT2D eigenvalue weighted by molar-refractivity contribution is 8.00. The minimum Gasteiger partial charge on any atom is -0.438 e. The molecular weight excluding hydrogens is 316 g/mol. The Kier molecular flexibility index (Phi) is 5.53. The molecule has 2 aromatic carbocycles. The molecule has 4 heteroatoms. The zero-order valence-electron chi connectivity index (χ0n) is 13.3. The molecule has 3 aromatic rings. The SMILES string of the molecule is C/C=C/c1ccc(NSc2ccccc2)nc1Oc1ccccc1. The van der Waals surface area contributed by atoms with E-state index in [0.29, 0.717) is 5.88 Å². The fourth-order valence-electron chi connectivity index (χ4n) is 2.10. The Bertz CT molecular complexity index is 804. The highest BCUT2D eigenvalue weighted by Gasteiger charge is 2.07. The van der Waals surface area contributed by atoms with Gasteiger partial charge in [-0.15, -0.1) is 0 Å². The van der Waals surface area contributed by atoms with Gasteiger partial charge < -0.3 is 9.46 Å². The average molecular weight is 334 g/mol. The summed E-state index contributed by atoms with van der Waals surface area (Å²) in [7, 11) is 0. The van der Waals surface area contributed by atoms with Gasteiger partial charge in [0.15, 0.2) is 0 Å². The third-order valence-electron chi connectivity index (χ3n) is 3.21. The Morgan fingerprint density at radius 1 is 0.917 bits per heavy atom. The number of ether oxygens (including phenoxy) is 1. The van der Waals surface area contributed by atoms with E-state index in [1.54, 1.807) is 0 Å². The van der Waals surface area contributed by atoms with Crippen molar-refractivity contribution in [2.75, 3.05) is 4.72 Å². The van der Waals surface area contributed by atoms with Crippen LogP contribution in [0.4, 0.5) is 5.82 Å². The molecule has 0 saturated heterocycles. The van der Waals surface area contributed by atoms with Crippen LogP contribution in [0.2, 0.25) is 0 Å². The Labute approximate surface area is 146 Å². The average Bonchev–Trinajstić information content (AvgIpc) is 2.64. The zero-order chi connectivity index (χ0) is 16.6. The van der Waals surface area contributed by atoms with E-state index >= 15 is 0 Å². The number of aromatic nitrogens is 1. The fourth-order valence-corrected chi connectivity index (χ4v) is 2.73. The number of para-hydroxylation sites is 1. The number of nitrogens with one attached hydrogen (secondary N) is 1. The molecule has 0 bridgehead atoms. The largest absolute Gasteiger partial charge is 0.438 e. The van der Waals surface area contributed by atoms with Gasteiger partial charge >= 0.3 is 0 Å². The molecule has 0 amide bonds. The van der Waals surface area contributed by atoms with Crippen molar-refractivity contribution < 1.29 is 4.74 Å². The van der Waals surface area contributed by atoms with Crippen LogP contribution < -0.4 is 9.46 Å². The Morgan fingerprint density at radius 2 is 1.62 bits per heavy atom. The van der Waals surface area contributed by atoms with Crippen molar-refractivity contribution in [1.82, 2.24) is 4.98 Å². The first-order chi connectivity index (χ1) is 11.8. The number of hydrogen-bond donors (Lipinski definition) is 1. The van der Waals surface area contributed by atoms with Gasteiger partial charge in [0.25, 0.3) is 0 Å². The van der Waals surface area contributed by atoms with Crippen molar-refractivity contribution in [3.8, 4) is 11.6 Å². The Morgan fingerprint density at radius 3 is 2.33 bits per heavy atom. The van der Waals surface area contributed by atoms with Crippen LogP contribution >= 0.6 is 11.9 Å². The van der Waals surface area contributed by atoms with Crippen molar-refractivity contribution >= 4 is 23.8 Å². The molecule has 0 aliphatic carbocycles. The van der Waals surface area contributed by atoms with Gasteiger partial charge in [-0.3, -0.25) is 0 Å². The molecule has 3 rings (SSSR count). The van der Waals surface area contributed by atoms with Gasteiger partial charge in [-0.1, -0.05) is 48.6 Å². The van der Waals surface area contributed by atoms with E-state index in [0.717, 1.165) is 22.0 Å². The molecule has 0 atom stereocenters. The second-order valence-electron chi connectivity index (χ2n) is 5.02. The first kappa shape index (κ1) is 16.1. The van der Waals surface area contributed by atoms with Crippen LogP contribution in [0, 0.1) is 0 Å². The standard InChI is InChI=1S/C20H18N2OS/c1-2-9-16-14-15-19(22-24-18-12-7-4-8-13-18)21-20(16)23-17-10-5-3-6-11-17/h2-15H,1H3,(H,21,22)/b9-2+. The normalized spacial score (nSPS) is 10.7. The minimum atomic E-state index is 0.581. The molecule has 0 fully saturated rings. The molecule has 0 radical (unpaired) electrons. The maximum Gasteiger partial charge on any atom is 0.228 e. The fraction of sp³-hybridized carbons (Fsp3) is 0.0500. The van der Waals surface area contributed by atoms with Crippen LogP contribution in [0.3, 0.4) is 0 Å². The molecule has 120 valence electrons. The number of hydrogen-bond acceptors (Lipinski definition) is 4. The van der Waals surface area contributed by atoms with Crippen LogP contribution in [0.25, 0.3) is 6.08 Å². The van der Waals surface area contributed by atoms with Crippen LogP contribution in [-0.4, -0.2) is 4.98 Å². The number of nitrogens with zero attached hydrogens (tertiary/aromatic N) is 1. The first-order valence-electron chi connectivity index (χ1n) is 7.70. The van der Waals surface area contributed by atoms with E-state index in [-0.39, 0.29) is 0 Å². The summed E-state index contributed by atoms with van der Waals surface area (Å²) in [4.78, 5) is 5.72. The maximum atomic E-state index is 5.94. The summed E-state index contributed by atoms with van der Waals surface area (Å²) in [6.07, 6.45) is 3.96. The molecule has 24 heavy (non-hydrogen) atoms. The molecule has 0 saturated carbocycles. The summed E-state index contributed by atoms with van der Waals surface area (Å²) in [6.45, 7) is 1.98. The van der Waals surface area contributed by atoms with Crippen LogP contribution in [-0.2, 0) is 0 Å². The number of pyridine rings is 1. The number of rotatable bonds is 6. The molecule has 3 nitrogen and oxygen atoms in total. The van der Waals surface area contributed by atoms with E-state index < -0.39 is 0 Å². The number of benzene rings is 2. The highest BCUT2D eigenvalue weighted by Crippen LogP contribution is 2.28. The van der Waals surface area contributed by atoms with Crippen molar-refractivity contribution in [1.29, 1.82) is 0 Å². The Balaban J connectivity index is 1.80. The smallest absolute Gasteiger partial charge is 0.228 e. The lowest BCUT2D eigenvalue weighted by atomic mass is 10.2. The predicted octanol–water partition coefficient (Wildman–Crippen LogP) is 6.03. The lowest BCUT2D eigenvalue weighted by molar-refractivity contribution is 0.462. The van der Waals surface area contributed by atoms with Crippen molar-refractivity contribution in [2.45, 2.75) is 11.8 Å². The molecule has 1 N–H and O–H groups in total. The third kappa shape index (κ3) is 4.40. The zero-order valence-corrected chi connectivity index (χ0v) is 14.2. The van der Waals surface area contributed by atoms with Gasteiger partial charge in [-0.2, -0.15) is 4.98 Å². The molecule has 0 unspecified atom stereocenters. The summed E-state index contributed by atoms with van der Waals surface area (Å²) in [5.41, 5.74) is 0.941. The molecule has 1 heterocycles. The highest BCUT2D eigenvalue weighted by atomic mass is 32.2. The van der Waals surface area contributed by atoms with Gasteiger partial charge in [0.2, 0.25) is 5.88 Å². The van der Waals surface area contributed by atoms with Crippen LogP contribution in [0.5, 0.6) is 11.6 Å². The lowest BCUT2D eigenvalue weighted by Gasteiger charge is -2.11. The number of allylic oxidation sites excluding steroid dienone is 1. The molecular formula is C20H18N2OS. The van der Waals surface area contributed by atoms with E-state index in [4.69, 9.17) is 4.74 Å². The second-order valence-corrected chi connectivity index (χ2v) is 5.90. The van der Waals surface area contributed by atoms with Crippen molar-refractivity contribution in [3.63, 3.8) is 0 Å². The van der Waals surface area contributed by atoms with E-state index in [2.05, 4.69) is 9.71 Å². The van der Waals surface area contributed by atoms with Crippen LogP contribution in [0.15, 0.2) is 83.8 Å². The van der Waals surface area contributed by atoms with E-state index in [1.807, 2.05) is 91.9 Å². The monoisotopic (exact) mass is 334 g/mol. The summed E-state index contributed by atoms with van der Waals surface area (Å²) in [5, 5.41) is 0. The van der Waals surface area contributed by atoms with Gasteiger partial charge in [0.05, 0.1) is 0 Å². The second kappa shape index (κ2) is 8.22. The van der Waals surface area contributed by atoms with Gasteiger partial charge in [-0.05, 0) is 55.3 Å². The number of anilines is 1. The molecule has 0 aliphatic rings. The first-order valence-corrected chi connectivity index (χ1v) is 8.51. The van der Waals surface area contributed by atoms with Crippen LogP contribution in [0.1, 0.15) is 12.5 Å². The van der Waals surface area contributed by atoms with Gasteiger partial charge in [-0.25, -0.2) is 0 Å². The predicted molar refractivity (Wildman–Crippen MR) is 101 cm³/mol. The summed E-state index contributed by atoms with van der Waals surface area (Å²) < 4.78 is 9.20. The molecule has 1 aromatic heterocycles. The van der Waals surface area contributed by atoms with E-state index in [1.165, 1.54) is 11.9 Å².